The number of hydrogen-bond acceptors (Lipinski definition) is 5. The van der Waals surface area contributed by atoms with E-state index in [1.54, 1.807) is 26.4 Å². The predicted octanol–water partition coefficient (Wildman–Crippen LogP) is 1.93. The van der Waals surface area contributed by atoms with Crippen LogP contribution in [0.15, 0.2) is 12.1 Å². The molecule has 23 heavy (non-hydrogen) atoms. The van der Waals surface area contributed by atoms with E-state index in [0.29, 0.717) is 29.4 Å². The van der Waals surface area contributed by atoms with Crippen LogP contribution in [-0.2, 0) is 0 Å². The standard InChI is InChI=1S/C17H26N2O4/c1-5-23-16-14(21-3)10-12(11-15(16)22-4)17(20)18-13-6-8-19(2)9-7-13/h10-11,13H,5-9H2,1-4H3,(H,18,20). The van der Waals surface area contributed by atoms with Crippen molar-refractivity contribution in [2.45, 2.75) is 25.8 Å². The van der Waals surface area contributed by atoms with Gasteiger partial charge in [-0.25, -0.2) is 0 Å². The molecule has 128 valence electrons. The number of hydrogen-bond donors (Lipinski definition) is 1. The summed E-state index contributed by atoms with van der Waals surface area (Å²) in [4.78, 5) is 14.8. The molecule has 0 atom stereocenters. The highest BCUT2D eigenvalue weighted by Crippen LogP contribution is 2.38. The van der Waals surface area contributed by atoms with Gasteiger partial charge in [-0.1, -0.05) is 0 Å². The minimum absolute atomic E-state index is 0.112. The second-order valence-corrected chi connectivity index (χ2v) is 5.69. The third kappa shape index (κ3) is 4.28. The maximum absolute atomic E-state index is 12.5. The van der Waals surface area contributed by atoms with Gasteiger partial charge >= 0.3 is 0 Å². The molecule has 1 N–H and O–H groups in total. The van der Waals surface area contributed by atoms with Crippen molar-refractivity contribution in [1.29, 1.82) is 0 Å². The minimum atomic E-state index is -0.112. The molecular weight excluding hydrogens is 296 g/mol. The number of carbonyl (C=O) groups excluding carboxylic acids is 1. The molecule has 1 fully saturated rings. The highest BCUT2D eigenvalue weighted by molar-refractivity contribution is 5.95. The number of methoxy groups -OCH3 is 2. The summed E-state index contributed by atoms with van der Waals surface area (Å²) in [5.74, 6) is 1.41. The molecule has 1 aliphatic rings. The van der Waals surface area contributed by atoms with E-state index in [1.165, 1.54) is 0 Å². The summed E-state index contributed by atoms with van der Waals surface area (Å²) in [6.45, 7) is 4.38. The van der Waals surface area contributed by atoms with Crippen molar-refractivity contribution in [3.63, 3.8) is 0 Å². The molecule has 6 nitrogen and oxygen atoms in total. The van der Waals surface area contributed by atoms with E-state index >= 15 is 0 Å². The fourth-order valence-corrected chi connectivity index (χ4v) is 2.72. The fourth-order valence-electron chi connectivity index (χ4n) is 2.72. The second-order valence-electron chi connectivity index (χ2n) is 5.69. The number of likely N-dealkylation sites (tertiary alicyclic amines) is 1. The Kier molecular flexibility index (Phi) is 6.10. The van der Waals surface area contributed by atoms with Gasteiger partial charge in [-0.05, 0) is 52.0 Å². The number of nitrogens with zero attached hydrogens (tertiary/aromatic N) is 1. The Bertz CT molecular complexity index is 514. The van der Waals surface area contributed by atoms with Crippen LogP contribution in [0.5, 0.6) is 17.2 Å². The van der Waals surface area contributed by atoms with Gasteiger partial charge < -0.3 is 24.4 Å². The first kappa shape index (κ1) is 17.4. The van der Waals surface area contributed by atoms with Crippen LogP contribution in [0.1, 0.15) is 30.1 Å². The lowest BCUT2D eigenvalue weighted by Crippen LogP contribution is -2.43. The lowest BCUT2D eigenvalue weighted by molar-refractivity contribution is 0.0916. The van der Waals surface area contributed by atoms with Crippen LogP contribution in [0.3, 0.4) is 0 Å². The maximum atomic E-state index is 12.5. The third-order valence-corrected chi connectivity index (χ3v) is 4.07. The smallest absolute Gasteiger partial charge is 0.251 e. The minimum Gasteiger partial charge on any atom is -0.493 e. The highest BCUT2D eigenvalue weighted by Gasteiger charge is 2.21. The number of piperidine rings is 1. The van der Waals surface area contributed by atoms with Crippen molar-refractivity contribution in [2.75, 3.05) is 41.0 Å². The first-order valence-electron chi connectivity index (χ1n) is 7.97. The van der Waals surface area contributed by atoms with Crippen LogP contribution in [0.4, 0.5) is 0 Å². The van der Waals surface area contributed by atoms with Gasteiger partial charge in [-0.2, -0.15) is 0 Å². The van der Waals surface area contributed by atoms with E-state index in [9.17, 15) is 4.79 Å². The van der Waals surface area contributed by atoms with Crippen LogP contribution in [0.2, 0.25) is 0 Å². The van der Waals surface area contributed by atoms with E-state index in [-0.39, 0.29) is 11.9 Å². The van der Waals surface area contributed by atoms with Crippen LogP contribution < -0.4 is 19.5 Å². The average Bonchev–Trinajstić information content (AvgIpc) is 2.57. The van der Waals surface area contributed by atoms with Crippen molar-refractivity contribution in [2.24, 2.45) is 0 Å². The Balaban J connectivity index is 2.16. The van der Waals surface area contributed by atoms with Crippen LogP contribution in [0.25, 0.3) is 0 Å². The first-order chi connectivity index (χ1) is 11.1. The maximum Gasteiger partial charge on any atom is 0.251 e. The quantitative estimate of drug-likeness (QED) is 0.867. The molecule has 0 bridgehead atoms. The van der Waals surface area contributed by atoms with E-state index in [2.05, 4.69) is 17.3 Å². The SMILES string of the molecule is CCOc1c(OC)cc(C(=O)NC2CCN(C)CC2)cc1OC. The number of carbonyl (C=O) groups is 1. The lowest BCUT2D eigenvalue weighted by atomic mass is 10.0. The Morgan fingerprint density at radius 1 is 1.22 bits per heavy atom. The summed E-state index contributed by atoms with van der Waals surface area (Å²) in [6.07, 6.45) is 1.93. The molecule has 0 unspecified atom stereocenters. The molecule has 6 heteroatoms. The highest BCUT2D eigenvalue weighted by atomic mass is 16.5. The number of amides is 1. The van der Waals surface area contributed by atoms with Crippen molar-refractivity contribution >= 4 is 5.91 Å². The fraction of sp³-hybridized carbons (Fsp3) is 0.588. The van der Waals surface area contributed by atoms with Gasteiger partial charge in [0.25, 0.3) is 5.91 Å². The zero-order chi connectivity index (χ0) is 16.8. The van der Waals surface area contributed by atoms with Crippen LogP contribution >= 0.6 is 0 Å². The number of ether oxygens (including phenoxy) is 3. The second kappa shape index (κ2) is 8.06. The molecule has 0 spiro atoms. The summed E-state index contributed by atoms with van der Waals surface area (Å²) >= 11 is 0. The van der Waals surface area contributed by atoms with Gasteiger partial charge in [0.2, 0.25) is 5.75 Å². The van der Waals surface area contributed by atoms with E-state index in [0.717, 1.165) is 25.9 Å². The average molecular weight is 322 g/mol. The Labute approximate surface area is 137 Å². The molecular formula is C17H26N2O4. The Morgan fingerprint density at radius 3 is 2.26 bits per heavy atom. The van der Waals surface area contributed by atoms with Crippen molar-refractivity contribution in [3.05, 3.63) is 17.7 Å². The molecule has 1 aromatic carbocycles. The van der Waals surface area contributed by atoms with Gasteiger partial charge in [0, 0.05) is 11.6 Å². The molecule has 2 rings (SSSR count). The molecule has 1 aromatic rings. The van der Waals surface area contributed by atoms with E-state index in [1.807, 2.05) is 6.92 Å². The van der Waals surface area contributed by atoms with Crippen LogP contribution in [-0.4, -0.2) is 57.8 Å². The Morgan fingerprint density at radius 2 is 1.78 bits per heavy atom. The zero-order valence-electron chi connectivity index (χ0n) is 14.3. The van der Waals surface area contributed by atoms with Crippen molar-refractivity contribution in [1.82, 2.24) is 10.2 Å². The van der Waals surface area contributed by atoms with Gasteiger partial charge in [0.15, 0.2) is 11.5 Å². The summed E-state index contributed by atoms with van der Waals surface area (Å²) in [6, 6.07) is 3.59. The first-order valence-corrected chi connectivity index (χ1v) is 7.97. The summed E-state index contributed by atoms with van der Waals surface area (Å²) < 4.78 is 16.2. The molecule has 1 aliphatic heterocycles. The summed E-state index contributed by atoms with van der Waals surface area (Å²) in [5, 5.41) is 3.09. The van der Waals surface area contributed by atoms with E-state index in [4.69, 9.17) is 14.2 Å². The largest absolute Gasteiger partial charge is 0.493 e. The summed E-state index contributed by atoms with van der Waals surface area (Å²) in [7, 11) is 5.20. The van der Waals surface area contributed by atoms with Gasteiger partial charge in [-0.15, -0.1) is 0 Å². The van der Waals surface area contributed by atoms with Gasteiger partial charge in [0.05, 0.1) is 20.8 Å². The van der Waals surface area contributed by atoms with Crippen LogP contribution in [0, 0.1) is 0 Å². The normalized spacial score (nSPS) is 16.0. The lowest BCUT2D eigenvalue weighted by Gasteiger charge is -2.29. The Hall–Kier alpha value is -1.95. The molecule has 1 saturated heterocycles. The van der Waals surface area contributed by atoms with Gasteiger partial charge in [0.1, 0.15) is 0 Å². The van der Waals surface area contributed by atoms with Crippen molar-refractivity contribution in [3.8, 4) is 17.2 Å². The molecule has 0 aliphatic carbocycles. The molecule has 1 amide bonds. The summed E-state index contributed by atoms with van der Waals surface area (Å²) in [5.41, 5.74) is 0.515. The van der Waals surface area contributed by atoms with Gasteiger partial charge in [-0.3, -0.25) is 4.79 Å². The molecule has 0 aromatic heterocycles. The molecule has 1 heterocycles. The van der Waals surface area contributed by atoms with E-state index < -0.39 is 0 Å². The number of benzene rings is 1. The van der Waals surface area contributed by atoms with Crippen molar-refractivity contribution < 1.29 is 19.0 Å². The molecule has 0 saturated carbocycles. The molecule has 0 radical (unpaired) electrons. The topological polar surface area (TPSA) is 60.0 Å². The third-order valence-electron chi connectivity index (χ3n) is 4.07. The monoisotopic (exact) mass is 322 g/mol. The number of nitrogens with one attached hydrogen (secondary N) is 1. The zero-order valence-corrected chi connectivity index (χ0v) is 14.3. The number of rotatable bonds is 6. The predicted molar refractivity (Wildman–Crippen MR) is 88.7 cm³/mol.